The minimum Gasteiger partial charge on any atom is -0.395 e. The van der Waals surface area contributed by atoms with Gasteiger partial charge in [0.1, 0.15) is 0 Å². The first-order chi connectivity index (χ1) is 10.1. The van der Waals surface area contributed by atoms with Gasteiger partial charge in [-0.1, -0.05) is 24.8 Å². The molecule has 0 aliphatic carbocycles. The van der Waals surface area contributed by atoms with Gasteiger partial charge in [-0.2, -0.15) is 0 Å². The SMILES string of the molecule is CC1CCC(C)N(C(=O)c2cccc(C#CCCO)c2)C1. The fourth-order valence-electron chi connectivity index (χ4n) is 2.69. The molecule has 0 spiro atoms. The number of carbonyl (C=O) groups is 1. The molecule has 1 fully saturated rings. The van der Waals surface area contributed by atoms with Gasteiger partial charge in [0.2, 0.25) is 0 Å². The minimum absolute atomic E-state index is 0.0643. The smallest absolute Gasteiger partial charge is 0.254 e. The fourth-order valence-corrected chi connectivity index (χ4v) is 2.69. The number of hydrogen-bond acceptors (Lipinski definition) is 2. The van der Waals surface area contributed by atoms with Gasteiger partial charge < -0.3 is 10.0 Å². The van der Waals surface area contributed by atoms with Crippen LogP contribution in [0, 0.1) is 17.8 Å². The summed E-state index contributed by atoms with van der Waals surface area (Å²) in [5.74, 6) is 6.54. The number of hydrogen-bond donors (Lipinski definition) is 1. The Labute approximate surface area is 127 Å². The summed E-state index contributed by atoms with van der Waals surface area (Å²) < 4.78 is 0. The third kappa shape index (κ3) is 4.09. The van der Waals surface area contributed by atoms with Crippen LogP contribution in [-0.2, 0) is 0 Å². The summed E-state index contributed by atoms with van der Waals surface area (Å²) in [7, 11) is 0. The third-order valence-electron chi connectivity index (χ3n) is 3.96. The van der Waals surface area contributed by atoms with E-state index in [2.05, 4.69) is 25.7 Å². The molecule has 2 rings (SSSR count). The van der Waals surface area contributed by atoms with Crippen LogP contribution in [0.3, 0.4) is 0 Å². The maximum absolute atomic E-state index is 12.7. The van der Waals surface area contributed by atoms with E-state index in [-0.39, 0.29) is 12.5 Å². The third-order valence-corrected chi connectivity index (χ3v) is 3.96. The first-order valence-electron chi connectivity index (χ1n) is 7.62. The Bertz CT molecular complexity index is 556. The lowest BCUT2D eigenvalue weighted by atomic mass is 9.94. The van der Waals surface area contributed by atoms with Gasteiger partial charge in [-0.3, -0.25) is 4.79 Å². The highest BCUT2D eigenvalue weighted by atomic mass is 16.2. The molecule has 0 saturated carbocycles. The van der Waals surface area contributed by atoms with Gasteiger partial charge in [-0.05, 0) is 43.9 Å². The standard InChI is InChI=1S/C18H23NO2/c1-14-9-10-15(2)19(13-14)18(21)17-8-5-7-16(12-17)6-3-4-11-20/h5,7-8,12,14-15,20H,4,9-11,13H2,1-2H3. The quantitative estimate of drug-likeness (QED) is 0.849. The van der Waals surface area contributed by atoms with Crippen LogP contribution in [0.1, 0.15) is 49.0 Å². The van der Waals surface area contributed by atoms with Crippen molar-refractivity contribution in [3.05, 3.63) is 35.4 Å². The van der Waals surface area contributed by atoms with E-state index in [0.717, 1.165) is 18.5 Å². The summed E-state index contributed by atoms with van der Waals surface area (Å²) in [6, 6.07) is 7.76. The summed E-state index contributed by atoms with van der Waals surface area (Å²) in [5, 5.41) is 8.75. The molecule has 0 aromatic heterocycles. The molecule has 3 heteroatoms. The molecule has 1 N–H and O–H groups in total. The molecule has 1 heterocycles. The van der Waals surface area contributed by atoms with Gasteiger partial charge in [0.25, 0.3) is 5.91 Å². The van der Waals surface area contributed by atoms with Crippen molar-refractivity contribution in [1.29, 1.82) is 0 Å². The molecular weight excluding hydrogens is 262 g/mol. The molecule has 0 bridgehead atoms. The van der Waals surface area contributed by atoms with Crippen molar-refractivity contribution in [3.63, 3.8) is 0 Å². The molecule has 1 amide bonds. The molecule has 2 atom stereocenters. The van der Waals surface area contributed by atoms with Crippen LogP contribution in [-0.4, -0.2) is 35.1 Å². The van der Waals surface area contributed by atoms with E-state index in [4.69, 9.17) is 5.11 Å². The lowest BCUT2D eigenvalue weighted by Crippen LogP contribution is -2.44. The molecule has 1 aromatic carbocycles. The number of piperidine rings is 1. The highest BCUT2D eigenvalue weighted by molar-refractivity contribution is 5.94. The lowest BCUT2D eigenvalue weighted by molar-refractivity contribution is 0.0574. The highest BCUT2D eigenvalue weighted by Crippen LogP contribution is 2.23. The molecule has 21 heavy (non-hydrogen) atoms. The van der Waals surface area contributed by atoms with Gasteiger partial charge in [-0.15, -0.1) is 0 Å². The maximum atomic E-state index is 12.7. The second-order valence-electron chi connectivity index (χ2n) is 5.85. The Kier molecular flexibility index (Phi) is 5.41. The summed E-state index contributed by atoms with van der Waals surface area (Å²) in [4.78, 5) is 14.7. The molecule has 1 aliphatic rings. The van der Waals surface area contributed by atoms with E-state index in [1.165, 1.54) is 6.42 Å². The van der Waals surface area contributed by atoms with Crippen LogP contribution in [0.25, 0.3) is 0 Å². The molecule has 1 aromatic rings. The number of benzene rings is 1. The van der Waals surface area contributed by atoms with Crippen molar-refractivity contribution >= 4 is 5.91 Å². The van der Waals surface area contributed by atoms with Crippen LogP contribution in [0.15, 0.2) is 24.3 Å². The average molecular weight is 285 g/mol. The molecule has 2 unspecified atom stereocenters. The second-order valence-corrected chi connectivity index (χ2v) is 5.85. The number of carbonyl (C=O) groups excluding carboxylic acids is 1. The van der Waals surface area contributed by atoms with Crippen molar-refractivity contribution in [1.82, 2.24) is 4.90 Å². The van der Waals surface area contributed by atoms with Gasteiger partial charge in [0.15, 0.2) is 0 Å². The topological polar surface area (TPSA) is 40.5 Å². The fraction of sp³-hybridized carbons (Fsp3) is 0.500. The Morgan fingerprint density at radius 3 is 2.95 bits per heavy atom. The highest BCUT2D eigenvalue weighted by Gasteiger charge is 2.27. The first-order valence-corrected chi connectivity index (χ1v) is 7.62. The summed E-state index contributed by atoms with van der Waals surface area (Å²) in [5.41, 5.74) is 1.53. The zero-order valence-electron chi connectivity index (χ0n) is 12.8. The molecule has 1 saturated heterocycles. The number of aliphatic hydroxyl groups is 1. The van der Waals surface area contributed by atoms with Crippen LogP contribution >= 0.6 is 0 Å². The van der Waals surface area contributed by atoms with E-state index >= 15 is 0 Å². The Morgan fingerprint density at radius 1 is 1.38 bits per heavy atom. The van der Waals surface area contributed by atoms with Gasteiger partial charge >= 0.3 is 0 Å². The van der Waals surface area contributed by atoms with Crippen molar-refractivity contribution in [3.8, 4) is 11.8 Å². The number of amides is 1. The molecule has 1 aliphatic heterocycles. The number of likely N-dealkylation sites (tertiary alicyclic amines) is 1. The molecule has 3 nitrogen and oxygen atoms in total. The number of nitrogens with zero attached hydrogens (tertiary/aromatic N) is 1. The van der Waals surface area contributed by atoms with E-state index in [0.29, 0.717) is 23.9 Å². The molecule has 0 radical (unpaired) electrons. The van der Waals surface area contributed by atoms with Crippen molar-refractivity contribution in [2.24, 2.45) is 5.92 Å². The monoisotopic (exact) mass is 285 g/mol. The Balaban J connectivity index is 2.15. The van der Waals surface area contributed by atoms with Crippen molar-refractivity contribution < 1.29 is 9.90 Å². The lowest BCUT2D eigenvalue weighted by Gasteiger charge is -2.36. The maximum Gasteiger partial charge on any atom is 0.254 e. The summed E-state index contributed by atoms with van der Waals surface area (Å²) in [6.07, 6.45) is 2.72. The molecular formula is C18H23NO2. The van der Waals surface area contributed by atoms with Crippen LogP contribution in [0.4, 0.5) is 0 Å². The molecule has 112 valence electrons. The van der Waals surface area contributed by atoms with Crippen LogP contribution in [0.5, 0.6) is 0 Å². The summed E-state index contributed by atoms with van der Waals surface area (Å²) >= 11 is 0. The zero-order valence-corrected chi connectivity index (χ0v) is 12.8. The Morgan fingerprint density at radius 2 is 2.19 bits per heavy atom. The van der Waals surface area contributed by atoms with Gasteiger partial charge in [0, 0.05) is 30.1 Å². The normalized spacial score (nSPS) is 21.6. The second kappa shape index (κ2) is 7.28. The minimum atomic E-state index is 0.0643. The van der Waals surface area contributed by atoms with Crippen LogP contribution < -0.4 is 0 Å². The predicted octanol–water partition coefficient (Wildman–Crippen LogP) is 2.68. The number of rotatable bonds is 2. The predicted molar refractivity (Wildman–Crippen MR) is 83.9 cm³/mol. The van der Waals surface area contributed by atoms with Gasteiger partial charge in [-0.25, -0.2) is 0 Å². The summed E-state index contributed by atoms with van der Waals surface area (Å²) in [6.45, 7) is 5.22. The van der Waals surface area contributed by atoms with Crippen molar-refractivity contribution in [2.45, 2.75) is 39.2 Å². The number of aliphatic hydroxyl groups excluding tert-OH is 1. The first kappa shape index (κ1) is 15.6. The average Bonchev–Trinajstić information content (AvgIpc) is 2.49. The van der Waals surface area contributed by atoms with Crippen LogP contribution in [0.2, 0.25) is 0 Å². The van der Waals surface area contributed by atoms with E-state index in [9.17, 15) is 4.79 Å². The van der Waals surface area contributed by atoms with Crippen molar-refractivity contribution in [2.75, 3.05) is 13.2 Å². The van der Waals surface area contributed by atoms with E-state index in [1.54, 1.807) is 0 Å². The Hall–Kier alpha value is -1.79. The zero-order chi connectivity index (χ0) is 15.2. The largest absolute Gasteiger partial charge is 0.395 e. The van der Waals surface area contributed by atoms with E-state index < -0.39 is 0 Å². The van der Waals surface area contributed by atoms with E-state index in [1.807, 2.05) is 29.2 Å². The van der Waals surface area contributed by atoms with Gasteiger partial charge in [0.05, 0.1) is 6.61 Å².